The van der Waals surface area contributed by atoms with Crippen molar-refractivity contribution in [2.45, 2.75) is 38.6 Å². The highest BCUT2D eigenvalue weighted by molar-refractivity contribution is 5.98. The molecule has 0 aliphatic heterocycles. The minimum Gasteiger partial charge on any atom is -0.350 e. The van der Waals surface area contributed by atoms with Gasteiger partial charge in [0.25, 0.3) is 5.91 Å². The van der Waals surface area contributed by atoms with Gasteiger partial charge in [-0.2, -0.15) is 0 Å². The van der Waals surface area contributed by atoms with Crippen LogP contribution in [0, 0.1) is 17.6 Å². The Kier molecular flexibility index (Phi) is 3.66. The van der Waals surface area contributed by atoms with Gasteiger partial charge in [0.05, 0.1) is 5.52 Å². The largest absolute Gasteiger partial charge is 0.350 e. The minimum absolute atomic E-state index is 0.152. The maximum Gasteiger partial charge on any atom is 0.267 e. The van der Waals surface area contributed by atoms with E-state index in [4.69, 9.17) is 0 Å². The Morgan fingerprint density at radius 2 is 2.00 bits per heavy atom. The van der Waals surface area contributed by atoms with Gasteiger partial charge in [-0.25, -0.2) is 8.78 Å². The lowest BCUT2D eigenvalue weighted by atomic mass is 9.86. The molecule has 2 unspecified atom stereocenters. The number of H-pyrrole nitrogens is 1. The molecule has 3 rings (SSSR count). The van der Waals surface area contributed by atoms with E-state index in [0.717, 1.165) is 25.3 Å². The summed E-state index contributed by atoms with van der Waals surface area (Å²) in [6.45, 7) is 2.13. The van der Waals surface area contributed by atoms with Crippen LogP contribution in [-0.2, 0) is 0 Å². The average Bonchev–Trinajstić information content (AvgIpc) is 2.85. The van der Waals surface area contributed by atoms with Gasteiger partial charge in [0.15, 0.2) is 0 Å². The van der Waals surface area contributed by atoms with Gasteiger partial charge < -0.3 is 10.3 Å². The van der Waals surface area contributed by atoms with Crippen molar-refractivity contribution in [3.8, 4) is 0 Å². The van der Waals surface area contributed by atoms with Crippen LogP contribution in [0.1, 0.15) is 43.1 Å². The molecule has 1 aromatic heterocycles. The zero-order valence-corrected chi connectivity index (χ0v) is 11.9. The third-order valence-electron chi connectivity index (χ3n) is 4.32. The number of aromatic amines is 1. The molecule has 1 aromatic carbocycles. The molecule has 0 saturated heterocycles. The molecular weight excluding hydrogens is 274 g/mol. The molecule has 2 atom stereocenters. The number of halogens is 2. The van der Waals surface area contributed by atoms with E-state index in [1.807, 2.05) is 0 Å². The van der Waals surface area contributed by atoms with Crippen molar-refractivity contribution in [1.82, 2.24) is 10.3 Å². The van der Waals surface area contributed by atoms with E-state index in [2.05, 4.69) is 17.2 Å². The van der Waals surface area contributed by atoms with Gasteiger partial charge in [-0.05, 0) is 30.9 Å². The van der Waals surface area contributed by atoms with E-state index < -0.39 is 11.6 Å². The quantitative estimate of drug-likeness (QED) is 0.870. The van der Waals surface area contributed by atoms with E-state index in [1.165, 1.54) is 18.6 Å². The SMILES string of the molecule is CC1CCCCC1NC(=O)c1cc2c(F)cc(F)cc2[nH]1. The highest BCUT2D eigenvalue weighted by Crippen LogP contribution is 2.25. The van der Waals surface area contributed by atoms with Crippen molar-refractivity contribution in [1.29, 1.82) is 0 Å². The number of nitrogens with one attached hydrogen (secondary N) is 2. The van der Waals surface area contributed by atoms with Crippen LogP contribution in [0.3, 0.4) is 0 Å². The van der Waals surface area contributed by atoms with E-state index in [-0.39, 0.29) is 23.0 Å². The number of carbonyl (C=O) groups excluding carboxylic acids is 1. The molecule has 0 radical (unpaired) electrons. The lowest BCUT2D eigenvalue weighted by Crippen LogP contribution is -2.41. The molecule has 1 heterocycles. The topological polar surface area (TPSA) is 44.9 Å². The fourth-order valence-electron chi connectivity index (χ4n) is 3.06. The number of fused-ring (bicyclic) bond motifs is 1. The van der Waals surface area contributed by atoms with Gasteiger partial charge in [-0.1, -0.05) is 19.8 Å². The number of carbonyl (C=O) groups is 1. The maximum absolute atomic E-state index is 13.7. The molecule has 1 fully saturated rings. The van der Waals surface area contributed by atoms with Crippen LogP contribution in [0.25, 0.3) is 10.9 Å². The lowest BCUT2D eigenvalue weighted by molar-refractivity contribution is 0.0906. The number of amides is 1. The van der Waals surface area contributed by atoms with Crippen LogP contribution in [-0.4, -0.2) is 16.9 Å². The van der Waals surface area contributed by atoms with Crippen LogP contribution >= 0.6 is 0 Å². The van der Waals surface area contributed by atoms with Crippen LogP contribution in [0.5, 0.6) is 0 Å². The molecule has 5 heteroatoms. The first-order valence-corrected chi connectivity index (χ1v) is 7.33. The average molecular weight is 292 g/mol. The van der Waals surface area contributed by atoms with Crippen molar-refractivity contribution in [3.05, 3.63) is 35.5 Å². The Bertz CT molecular complexity index is 680. The van der Waals surface area contributed by atoms with Crippen LogP contribution in [0.4, 0.5) is 8.78 Å². The number of aromatic nitrogens is 1. The van der Waals surface area contributed by atoms with Crippen LogP contribution in [0.2, 0.25) is 0 Å². The molecule has 1 aliphatic rings. The van der Waals surface area contributed by atoms with Gasteiger partial charge in [-0.3, -0.25) is 4.79 Å². The molecule has 1 saturated carbocycles. The first-order chi connectivity index (χ1) is 10.0. The molecule has 1 amide bonds. The molecular formula is C16H18F2N2O. The summed E-state index contributed by atoms with van der Waals surface area (Å²) in [5, 5.41) is 3.23. The maximum atomic E-state index is 13.7. The molecule has 112 valence electrons. The van der Waals surface area contributed by atoms with Crippen molar-refractivity contribution in [3.63, 3.8) is 0 Å². The summed E-state index contributed by atoms with van der Waals surface area (Å²) in [6.07, 6.45) is 4.39. The van der Waals surface area contributed by atoms with Gasteiger partial charge in [-0.15, -0.1) is 0 Å². The molecule has 0 spiro atoms. The number of benzene rings is 1. The third-order valence-corrected chi connectivity index (χ3v) is 4.32. The summed E-state index contributed by atoms with van der Waals surface area (Å²) < 4.78 is 26.8. The highest BCUT2D eigenvalue weighted by atomic mass is 19.1. The van der Waals surface area contributed by atoms with E-state index >= 15 is 0 Å². The summed E-state index contributed by atoms with van der Waals surface area (Å²) in [5.41, 5.74) is 0.571. The van der Waals surface area contributed by atoms with Crippen LogP contribution in [0.15, 0.2) is 18.2 Å². The predicted molar refractivity (Wildman–Crippen MR) is 77.1 cm³/mol. The number of rotatable bonds is 2. The van der Waals surface area contributed by atoms with E-state index in [0.29, 0.717) is 11.4 Å². The molecule has 2 aromatic rings. The summed E-state index contributed by atoms with van der Waals surface area (Å²) in [4.78, 5) is 15.1. The minimum atomic E-state index is -0.661. The third kappa shape index (κ3) is 2.77. The Hall–Kier alpha value is -1.91. The van der Waals surface area contributed by atoms with Crippen molar-refractivity contribution in [2.75, 3.05) is 0 Å². The van der Waals surface area contributed by atoms with E-state index in [9.17, 15) is 13.6 Å². The Morgan fingerprint density at radius 1 is 1.24 bits per heavy atom. The number of hydrogen-bond donors (Lipinski definition) is 2. The summed E-state index contributed by atoms with van der Waals surface area (Å²) in [5.74, 6) is -1.13. The summed E-state index contributed by atoms with van der Waals surface area (Å²) in [7, 11) is 0. The zero-order chi connectivity index (χ0) is 15.0. The monoisotopic (exact) mass is 292 g/mol. The van der Waals surface area contributed by atoms with Gasteiger partial charge in [0, 0.05) is 17.5 Å². The summed E-state index contributed by atoms with van der Waals surface area (Å²) >= 11 is 0. The smallest absolute Gasteiger partial charge is 0.267 e. The molecule has 3 nitrogen and oxygen atoms in total. The van der Waals surface area contributed by atoms with Crippen molar-refractivity contribution < 1.29 is 13.6 Å². The fraction of sp³-hybridized carbons (Fsp3) is 0.438. The zero-order valence-electron chi connectivity index (χ0n) is 11.9. The Balaban J connectivity index is 1.83. The second-order valence-corrected chi connectivity index (χ2v) is 5.87. The Labute approximate surface area is 121 Å². The van der Waals surface area contributed by atoms with Gasteiger partial charge >= 0.3 is 0 Å². The predicted octanol–water partition coefficient (Wildman–Crippen LogP) is 3.75. The standard InChI is InChI=1S/C16H18F2N2O/c1-9-4-2-3-5-13(9)20-16(21)15-8-11-12(18)6-10(17)7-14(11)19-15/h6-9,13,19H,2-5H2,1H3,(H,20,21). The molecule has 1 aliphatic carbocycles. The second kappa shape index (κ2) is 5.47. The van der Waals surface area contributed by atoms with E-state index in [1.54, 1.807) is 0 Å². The number of hydrogen-bond acceptors (Lipinski definition) is 1. The highest BCUT2D eigenvalue weighted by Gasteiger charge is 2.24. The first-order valence-electron chi connectivity index (χ1n) is 7.33. The van der Waals surface area contributed by atoms with Crippen molar-refractivity contribution >= 4 is 16.8 Å². The Morgan fingerprint density at radius 3 is 2.76 bits per heavy atom. The molecule has 0 bridgehead atoms. The summed E-state index contributed by atoms with van der Waals surface area (Å²) in [6, 6.07) is 3.60. The lowest BCUT2D eigenvalue weighted by Gasteiger charge is -2.29. The van der Waals surface area contributed by atoms with Crippen LogP contribution < -0.4 is 5.32 Å². The molecule has 2 N–H and O–H groups in total. The van der Waals surface area contributed by atoms with Gasteiger partial charge in [0.1, 0.15) is 17.3 Å². The van der Waals surface area contributed by atoms with Gasteiger partial charge in [0.2, 0.25) is 0 Å². The first kappa shape index (κ1) is 14.0. The normalized spacial score (nSPS) is 22.4. The second-order valence-electron chi connectivity index (χ2n) is 5.87. The fourth-order valence-corrected chi connectivity index (χ4v) is 3.06. The molecule has 21 heavy (non-hydrogen) atoms. The van der Waals surface area contributed by atoms with Crippen molar-refractivity contribution in [2.24, 2.45) is 5.92 Å².